The fraction of sp³-hybridized carbons (Fsp3) is 0.679. The minimum Gasteiger partial charge on any atom is -0.374 e. The highest BCUT2D eigenvalue weighted by Gasteiger charge is 2.55. The molecule has 0 saturated carbocycles. The van der Waals surface area contributed by atoms with Gasteiger partial charge in [0.15, 0.2) is 37.7 Å². The van der Waals surface area contributed by atoms with Crippen LogP contribution in [0.2, 0.25) is 0 Å². The molecule has 1 N–H and O–H groups in total. The van der Waals surface area contributed by atoms with Crippen molar-refractivity contribution in [1.82, 2.24) is 0 Å². The number of nitrogens with zero attached hydrogens (tertiary/aromatic N) is 6. The van der Waals surface area contributed by atoms with E-state index in [4.69, 9.17) is 71.1 Å². The topological polar surface area (TPSA) is 256 Å². The lowest BCUT2D eigenvalue weighted by Gasteiger charge is -2.50. The Kier molecular flexibility index (Phi) is 32.1. The highest BCUT2D eigenvalue weighted by Crippen LogP contribution is 2.45. The summed E-state index contributed by atoms with van der Waals surface area (Å²) in [5.41, 5.74) is 23.7. The van der Waals surface area contributed by atoms with Gasteiger partial charge in [0.25, 0.3) is 0 Å². The second-order valence-electron chi connectivity index (χ2n) is 29.4. The van der Waals surface area contributed by atoms with Gasteiger partial charge < -0.3 is 76.2 Å². The number of aliphatic hydroxyl groups is 1. The Morgan fingerprint density at radius 3 is 1.08 bits per heavy atom. The van der Waals surface area contributed by atoms with Gasteiger partial charge in [0.1, 0.15) is 24.4 Å². The number of azide groups is 2. The summed E-state index contributed by atoms with van der Waals surface area (Å²) < 4.78 is 98.5. The van der Waals surface area contributed by atoms with E-state index >= 15 is 0 Å². The van der Waals surface area contributed by atoms with Gasteiger partial charge in [0.05, 0.1) is 107 Å². The lowest BCUT2D eigenvalue weighted by molar-refractivity contribution is -0.350. The standard InChI is InChI=1S/C42H61N3O8.C39H57N3O8/c1-9-22-47-40-30(8)38(48-24-32-20-16-13-17-21-32)39(35(51-40)25-46-23-31-18-14-12-15-19-31)53-42-36(44-45-43)29(7)37(34(11-3)50-42)52-41-28(6)26(4)27(5)33(10-2)49-41;1-8-30-24(4)23(3)25(5)38(47-30)49-34-26(6)33(41-42-40)39(48-31(34)9-2)50-36-32(22-44-20-28-16-12-10-13-17-28)46-37(43)27(7)35(36)45-21-29-18-14-11-15-19-29/h9,12-21,26-30,33-42H,1,10-11,22-25H2,2-8H3;10-19,23-27,30-39,43H,8-9,20-22H2,1-7H3/t26-,27-,28?,29+,30?,33?,34?,35?,36?,37-,38+,39+,40+,41-,42-;23-,24-,25?,26+,27?,30?,31?,32?,33?,34-,35+,36+,37?,38-,39-/m00/s1. The molecule has 22 nitrogen and oxygen atoms in total. The number of hydrogen-bond acceptors (Lipinski definition) is 18. The molecular formula is C81H118N6O16. The molecule has 10 rings (SSSR count). The third kappa shape index (κ3) is 21.1. The number of aliphatic hydroxyl groups excluding tert-OH is 1. The summed E-state index contributed by atoms with van der Waals surface area (Å²) in [5.74, 6) is 0.853. The molecule has 6 aliphatic heterocycles. The van der Waals surface area contributed by atoms with Crippen LogP contribution in [0.25, 0.3) is 20.9 Å². The SMILES string of the molecule is C=CCO[C@@H]1OC(COCc2ccccc2)[C@@H](O[C@@H]2OC(CC)[C@@H](O[C@@H]3OC(CC)[C@@H](C)[C@H](C)C3C)[C@H](C)C2N=[N+]=[N-])[C@H](OCc2ccccc2)C1C.CCC1O[C@@H](O[C@@H]2C(CC)O[C@@H](O[C@@H]3C(COCc4ccccc4)OC(O)C(C)[C@H]3OCc3ccccc3)C(N=[N+]=[N-])[C@H]2C)C(C)[C@@H](C)[C@@H]1C. The molecule has 4 aromatic rings. The molecule has 0 bridgehead atoms. The lowest BCUT2D eigenvalue weighted by Crippen LogP contribution is -2.62. The van der Waals surface area contributed by atoms with Crippen LogP contribution in [0, 0.1) is 59.2 Å². The van der Waals surface area contributed by atoms with Crippen LogP contribution in [0.3, 0.4) is 0 Å². The monoisotopic (exact) mass is 1430 g/mol. The van der Waals surface area contributed by atoms with Gasteiger partial charge in [-0.1, -0.05) is 235 Å². The average Bonchev–Trinajstić information content (AvgIpc) is 0.775. The fourth-order valence-electron chi connectivity index (χ4n) is 15.6. The maximum absolute atomic E-state index is 11.1. The quantitative estimate of drug-likeness (QED) is 0.0213. The fourth-order valence-corrected chi connectivity index (χ4v) is 15.6. The van der Waals surface area contributed by atoms with E-state index < -0.39 is 92.4 Å². The van der Waals surface area contributed by atoms with Gasteiger partial charge in [-0.3, -0.25) is 0 Å². The first-order valence-corrected chi connectivity index (χ1v) is 37.9. The minimum atomic E-state index is -1.10. The van der Waals surface area contributed by atoms with Crippen LogP contribution in [-0.2, 0) is 97.5 Å². The van der Waals surface area contributed by atoms with Crippen molar-refractivity contribution in [3.63, 3.8) is 0 Å². The van der Waals surface area contributed by atoms with E-state index in [1.807, 2.05) is 149 Å². The molecular weight excluding hydrogens is 1310 g/mol. The maximum atomic E-state index is 11.1. The molecule has 0 amide bonds. The molecule has 4 aromatic carbocycles. The molecule has 13 unspecified atom stereocenters. The number of ether oxygens (including phenoxy) is 15. The molecule has 103 heavy (non-hydrogen) atoms. The van der Waals surface area contributed by atoms with Crippen LogP contribution in [0.1, 0.15) is 145 Å². The first kappa shape index (κ1) is 81.7. The smallest absolute Gasteiger partial charge is 0.167 e. The summed E-state index contributed by atoms with van der Waals surface area (Å²) in [4.78, 5) is 6.49. The van der Waals surface area contributed by atoms with Gasteiger partial charge in [-0.2, -0.15) is 0 Å². The summed E-state index contributed by atoms with van der Waals surface area (Å²) in [6.45, 7) is 35.7. The van der Waals surface area contributed by atoms with E-state index in [9.17, 15) is 16.2 Å². The molecule has 22 heteroatoms. The number of rotatable bonds is 31. The normalized spacial score (nSPS) is 38.2. The van der Waals surface area contributed by atoms with Gasteiger partial charge in [0.2, 0.25) is 0 Å². The van der Waals surface area contributed by atoms with Crippen LogP contribution >= 0.6 is 0 Å². The minimum absolute atomic E-state index is 0.104. The van der Waals surface area contributed by atoms with Crippen molar-refractivity contribution in [3.8, 4) is 0 Å². The predicted octanol–water partition coefficient (Wildman–Crippen LogP) is 16.0. The van der Waals surface area contributed by atoms with Crippen LogP contribution in [0.5, 0.6) is 0 Å². The third-order valence-corrected chi connectivity index (χ3v) is 22.8. The zero-order chi connectivity index (χ0) is 73.7. The first-order valence-electron chi connectivity index (χ1n) is 37.9. The number of hydrogen-bond donors (Lipinski definition) is 1. The Labute approximate surface area is 611 Å². The summed E-state index contributed by atoms with van der Waals surface area (Å²) in [6, 6.07) is 38.3. The second kappa shape index (κ2) is 40.5. The Balaban J connectivity index is 0.000000240. The highest BCUT2D eigenvalue weighted by molar-refractivity contribution is 5.17. The summed E-state index contributed by atoms with van der Waals surface area (Å²) in [6.07, 6.45) is -4.51. The molecule has 0 spiro atoms. The molecule has 6 saturated heterocycles. The molecule has 0 aliphatic carbocycles. The molecule has 568 valence electrons. The van der Waals surface area contributed by atoms with Crippen molar-refractivity contribution >= 4 is 0 Å². The summed E-state index contributed by atoms with van der Waals surface area (Å²) in [7, 11) is 0. The zero-order valence-corrected chi connectivity index (χ0v) is 63.2. The molecule has 6 aliphatic rings. The Morgan fingerprint density at radius 1 is 0.369 bits per heavy atom. The van der Waals surface area contributed by atoms with E-state index in [0.29, 0.717) is 69.5 Å². The van der Waals surface area contributed by atoms with Gasteiger partial charge in [-0.25, -0.2) is 0 Å². The highest BCUT2D eigenvalue weighted by atomic mass is 16.8. The summed E-state index contributed by atoms with van der Waals surface area (Å²) in [5, 5.41) is 19.6. The van der Waals surface area contributed by atoms with E-state index in [-0.39, 0.29) is 79.4 Å². The van der Waals surface area contributed by atoms with E-state index in [2.05, 4.69) is 95.9 Å². The van der Waals surface area contributed by atoms with Crippen LogP contribution in [0.4, 0.5) is 0 Å². The van der Waals surface area contributed by atoms with Crippen molar-refractivity contribution in [2.24, 2.45) is 69.4 Å². The predicted molar refractivity (Wildman–Crippen MR) is 391 cm³/mol. The Morgan fingerprint density at radius 2 is 0.709 bits per heavy atom. The van der Waals surface area contributed by atoms with Crippen molar-refractivity contribution in [1.29, 1.82) is 0 Å². The molecule has 0 aromatic heterocycles. The van der Waals surface area contributed by atoms with Gasteiger partial charge >= 0.3 is 0 Å². The Bertz CT molecular complexity index is 3200. The van der Waals surface area contributed by atoms with Crippen molar-refractivity contribution in [2.45, 2.75) is 272 Å². The van der Waals surface area contributed by atoms with Crippen LogP contribution < -0.4 is 0 Å². The second-order valence-corrected chi connectivity index (χ2v) is 29.4. The molecule has 30 atom stereocenters. The van der Waals surface area contributed by atoms with Gasteiger partial charge in [0, 0.05) is 33.5 Å². The lowest BCUT2D eigenvalue weighted by atomic mass is 9.78. The van der Waals surface area contributed by atoms with E-state index in [1.165, 1.54) is 0 Å². The van der Waals surface area contributed by atoms with Crippen molar-refractivity contribution in [3.05, 3.63) is 177 Å². The average molecular weight is 1430 g/mol. The largest absolute Gasteiger partial charge is 0.374 e. The van der Waals surface area contributed by atoms with Crippen molar-refractivity contribution in [2.75, 3.05) is 19.8 Å². The molecule has 0 radical (unpaired) electrons. The molecule has 6 fully saturated rings. The van der Waals surface area contributed by atoms with Gasteiger partial charge in [-0.05, 0) is 94.5 Å². The third-order valence-electron chi connectivity index (χ3n) is 22.8. The summed E-state index contributed by atoms with van der Waals surface area (Å²) >= 11 is 0. The first-order chi connectivity index (χ1) is 49.9. The maximum Gasteiger partial charge on any atom is 0.167 e. The zero-order valence-electron chi connectivity index (χ0n) is 63.2. The molecule has 6 heterocycles. The van der Waals surface area contributed by atoms with E-state index in [0.717, 1.165) is 35.1 Å². The van der Waals surface area contributed by atoms with Crippen LogP contribution in [0.15, 0.2) is 144 Å². The van der Waals surface area contributed by atoms with Crippen LogP contribution in [-0.4, -0.2) is 148 Å². The van der Waals surface area contributed by atoms with E-state index in [1.54, 1.807) is 6.08 Å². The Hall–Kier alpha value is -5.40. The van der Waals surface area contributed by atoms with Gasteiger partial charge in [-0.15, -0.1) is 6.58 Å². The number of benzene rings is 4. The van der Waals surface area contributed by atoms with Crippen molar-refractivity contribution < 1.29 is 76.2 Å².